The Labute approximate surface area is 250 Å². The molecule has 41 heavy (non-hydrogen) atoms. The minimum Gasteiger partial charge on any atom is -0.384 e. The van der Waals surface area contributed by atoms with Gasteiger partial charge in [0.15, 0.2) is 0 Å². The third kappa shape index (κ3) is 13.1. The molecular weight excluding hydrogens is 500 g/mol. The summed E-state index contributed by atoms with van der Waals surface area (Å²) < 4.78 is 0. The van der Waals surface area contributed by atoms with Crippen LogP contribution in [0, 0.1) is 10.8 Å². The van der Waals surface area contributed by atoms with Gasteiger partial charge in [0.25, 0.3) is 0 Å². The van der Waals surface area contributed by atoms with Crippen molar-refractivity contribution in [1.29, 1.82) is 0 Å². The van der Waals surface area contributed by atoms with Gasteiger partial charge in [-0.1, -0.05) is 109 Å². The highest BCUT2D eigenvalue weighted by Crippen LogP contribution is 2.38. The van der Waals surface area contributed by atoms with Crippen molar-refractivity contribution < 1.29 is 0 Å². The lowest BCUT2D eigenvalue weighted by Crippen LogP contribution is -2.36. The molecule has 0 unspecified atom stereocenters. The summed E-state index contributed by atoms with van der Waals surface area (Å²) in [6, 6.07) is 21.1. The molecule has 0 saturated heterocycles. The zero-order chi connectivity index (χ0) is 30.7. The molecule has 1 heterocycles. The van der Waals surface area contributed by atoms with Crippen LogP contribution >= 0.6 is 0 Å². The van der Waals surface area contributed by atoms with Crippen molar-refractivity contribution in [2.75, 3.05) is 18.9 Å². The normalized spacial score (nSPS) is 12.3. The Morgan fingerprint density at radius 3 is 2.15 bits per heavy atom. The smallest absolute Gasteiger partial charge is 0.0349 e. The molecule has 0 aliphatic heterocycles. The van der Waals surface area contributed by atoms with E-state index in [0.717, 1.165) is 35.3 Å². The lowest BCUT2D eigenvalue weighted by molar-refractivity contribution is 0.148. The van der Waals surface area contributed by atoms with Crippen LogP contribution in [0.1, 0.15) is 72.4 Å². The fourth-order valence-corrected chi connectivity index (χ4v) is 3.86. The minimum absolute atomic E-state index is 0.181. The van der Waals surface area contributed by atoms with Gasteiger partial charge in [0.05, 0.1) is 0 Å². The number of benzene rings is 2. The predicted octanol–water partition coefficient (Wildman–Crippen LogP) is 9.54. The third-order valence-electron chi connectivity index (χ3n) is 7.36. The second kappa shape index (κ2) is 18.8. The van der Waals surface area contributed by atoms with Gasteiger partial charge in [-0.05, 0) is 77.8 Å². The van der Waals surface area contributed by atoms with Crippen molar-refractivity contribution in [2.24, 2.45) is 21.6 Å². The Balaban J connectivity index is 0.000000392. The van der Waals surface area contributed by atoms with Gasteiger partial charge in [0.2, 0.25) is 0 Å². The van der Waals surface area contributed by atoms with E-state index in [9.17, 15) is 0 Å². The molecule has 0 atom stereocenters. The molecule has 4 heteroatoms. The summed E-state index contributed by atoms with van der Waals surface area (Å²) >= 11 is 0. The summed E-state index contributed by atoms with van der Waals surface area (Å²) in [4.78, 5) is 7.46. The number of nitrogens with zero attached hydrogens (tertiary/aromatic N) is 2. The number of rotatable bonds is 7. The summed E-state index contributed by atoms with van der Waals surface area (Å²) in [5, 5.41) is 3.60. The molecule has 0 fully saturated rings. The van der Waals surface area contributed by atoms with Gasteiger partial charge in [-0.3, -0.25) is 4.98 Å². The Bertz CT molecular complexity index is 1190. The Hall–Kier alpha value is -3.50. The molecule has 2 aromatic carbocycles. The standard InChI is InChI=1S/C20H29N3.C13H14.C2H5N.C2H6/c1-19(2,3)20(4,5)14-23-18-10-15(12-21)9-17(11-18)16-7-6-8-22-13-16;1-3-7-12(8-4-1)11-13-9-5-2-6-10-13;1-3-2;1-2/h6-11,13,23H,12,14,21H2,1-5H3;1-5,7-9H,6,10-11H2;1H2,2H3;1-2H3. The van der Waals surface area contributed by atoms with Gasteiger partial charge < -0.3 is 16.0 Å². The highest BCUT2D eigenvalue weighted by atomic mass is 14.9. The third-order valence-corrected chi connectivity index (χ3v) is 7.36. The summed E-state index contributed by atoms with van der Waals surface area (Å²) in [6.07, 6.45) is 13.9. The second-order valence-electron chi connectivity index (χ2n) is 11.6. The van der Waals surface area contributed by atoms with Crippen LogP contribution in [0.15, 0.2) is 102 Å². The van der Waals surface area contributed by atoms with Crippen molar-refractivity contribution in [3.8, 4) is 11.1 Å². The molecule has 4 rings (SSSR count). The maximum absolute atomic E-state index is 5.87. The quantitative estimate of drug-likeness (QED) is 0.286. The predicted molar refractivity (Wildman–Crippen MR) is 183 cm³/mol. The number of hydrogen-bond donors (Lipinski definition) is 2. The van der Waals surface area contributed by atoms with E-state index >= 15 is 0 Å². The average Bonchev–Trinajstić information content (AvgIpc) is 2.99. The zero-order valence-electron chi connectivity index (χ0n) is 26.9. The number of pyridine rings is 1. The van der Waals surface area contributed by atoms with Crippen molar-refractivity contribution in [3.63, 3.8) is 0 Å². The van der Waals surface area contributed by atoms with Gasteiger partial charge in [-0.25, -0.2) is 0 Å². The molecule has 0 saturated carbocycles. The van der Waals surface area contributed by atoms with Crippen LogP contribution in [-0.2, 0) is 13.0 Å². The molecule has 4 nitrogen and oxygen atoms in total. The van der Waals surface area contributed by atoms with Crippen LogP contribution in [0.3, 0.4) is 0 Å². The van der Waals surface area contributed by atoms with Gasteiger partial charge in [-0.15, -0.1) is 0 Å². The number of anilines is 1. The van der Waals surface area contributed by atoms with Crippen LogP contribution in [0.4, 0.5) is 5.69 Å². The van der Waals surface area contributed by atoms with Crippen LogP contribution in [-0.4, -0.2) is 25.3 Å². The van der Waals surface area contributed by atoms with Crippen LogP contribution in [0.5, 0.6) is 0 Å². The van der Waals surface area contributed by atoms with E-state index in [1.165, 1.54) is 18.4 Å². The zero-order valence-corrected chi connectivity index (χ0v) is 26.9. The molecule has 0 spiro atoms. The molecule has 1 aromatic heterocycles. The van der Waals surface area contributed by atoms with E-state index in [2.05, 4.69) is 129 Å². The monoisotopic (exact) mass is 554 g/mol. The first-order valence-electron chi connectivity index (χ1n) is 14.8. The molecule has 0 radical (unpaired) electrons. The number of nitrogens with two attached hydrogens (primary N) is 1. The summed E-state index contributed by atoms with van der Waals surface area (Å²) in [6.45, 7) is 20.0. The van der Waals surface area contributed by atoms with E-state index in [4.69, 9.17) is 5.73 Å². The molecule has 0 bridgehead atoms. The Kier molecular flexibility index (Phi) is 16.3. The molecule has 3 N–H and O–H groups in total. The molecule has 0 amide bonds. The van der Waals surface area contributed by atoms with Crippen molar-refractivity contribution in [2.45, 2.75) is 74.3 Å². The number of hydrogen-bond acceptors (Lipinski definition) is 4. The van der Waals surface area contributed by atoms with Gasteiger partial charge in [0, 0.05) is 43.8 Å². The first-order valence-corrected chi connectivity index (χ1v) is 14.8. The van der Waals surface area contributed by atoms with E-state index < -0.39 is 0 Å². The number of aliphatic imine (C=N–C) groups is 1. The van der Waals surface area contributed by atoms with Crippen LogP contribution in [0.25, 0.3) is 11.1 Å². The lowest BCUT2D eigenvalue weighted by Gasteiger charge is -2.39. The molecule has 1 aliphatic carbocycles. The highest BCUT2D eigenvalue weighted by molar-refractivity contribution is 5.68. The van der Waals surface area contributed by atoms with Crippen molar-refractivity contribution in [1.82, 2.24) is 4.98 Å². The van der Waals surface area contributed by atoms with E-state index in [-0.39, 0.29) is 10.8 Å². The van der Waals surface area contributed by atoms with E-state index in [1.807, 2.05) is 26.1 Å². The van der Waals surface area contributed by atoms with E-state index in [0.29, 0.717) is 6.54 Å². The lowest BCUT2D eigenvalue weighted by atomic mass is 9.69. The van der Waals surface area contributed by atoms with Crippen LogP contribution in [0.2, 0.25) is 0 Å². The van der Waals surface area contributed by atoms with Gasteiger partial charge in [0.1, 0.15) is 0 Å². The highest BCUT2D eigenvalue weighted by Gasteiger charge is 2.32. The summed E-state index contributed by atoms with van der Waals surface area (Å²) in [7, 11) is 1.64. The number of nitrogens with one attached hydrogen (secondary N) is 1. The first-order chi connectivity index (χ1) is 19.6. The van der Waals surface area contributed by atoms with Gasteiger partial charge >= 0.3 is 0 Å². The maximum Gasteiger partial charge on any atom is 0.0349 e. The molecule has 1 aliphatic rings. The largest absolute Gasteiger partial charge is 0.384 e. The SMILES string of the molecule is C1=CCCC(Cc2ccccc2)=C1.C=NC.CC.CC(C)(C)C(C)(C)CNc1cc(CN)cc(-c2cccnc2)c1. The Morgan fingerprint density at radius 2 is 1.61 bits per heavy atom. The fourth-order valence-electron chi connectivity index (χ4n) is 3.86. The van der Waals surface area contributed by atoms with Gasteiger partial charge in [-0.2, -0.15) is 0 Å². The Morgan fingerprint density at radius 1 is 0.927 bits per heavy atom. The maximum atomic E-state index is 5.87. The molecule has 222 valence electrons. The van der Waals surface area contributed by atoms with E-state index in [1.54, 1.807) is 18.8 Å². The minimum atomic E-state index is 0.181. The first kappa shape index (κ1) is 35.5. The average molecular weight is 555 g/mol. The fraction of sp³-hybridized carbons (Fsp3) is 0.405. The summed E-state index contributed by atoms with van der Waals surface area (Å²) in [5.74, 6) is 0. The number of allylic oxidation sites excluding steroid dienone is 4. The summed E-state index contributed by atoms with van der Waals surface area (Å²) in [5.41, 5.74) is 13.8. The van der Waals surface area contributed by atoms with Crippen LogP contribution < -0.4 is 11.1 Å². The molecule has 3 aromatic rings. The topological polar surface area (TPSA) is 63.3 Å². The van der Waals surface area contributed by atoms with Crippen molar-refractivity contribution >= 4 is 12.4 Å². The second-order valence-corrected chi connectivity index (χ2v) is 11.6. The van der Waals surface area contributed by atoms with Crippen molar-refractivity contribution in [3.05, 3.63) is 108 Å². The number of aromatic nitrogens is 1. The molecular formula is C37H54N4.